The van der Waals surface area contributed by atoms with Crippen molar-refractivity contribution in [2.45, 2.75) is 32.1 Å². The molecule has 3 rings (SSSR count). The second kappa shape index (κ2) is 8.71. The third-order valence-electron chi connectivity index (χ3n) is 4.60. The molecular weight excluding hydrogens is 386 g/mol. The lowest BCUT2D eigenvalue weighted by atomic mass is 10.0. The van der Waals surface area contributed by atoms with Gasteiger partial charge in [-0.15, -0.1) is 0 Å². The number of rotatable bonds is 7. The molecule has 0 aliphatic carbocycles. The molecule has 152 valence electrons. The van der Waals surface area contributed by atoms with Gasteiger partial charge in [-0.1, -0.05) is 29.3 Å². The zero-order chi connectivity index (χ0) is 21.0. The van der Waals surface area contributed by atoms with E-state index in [0.29, 0.717) is 18.5 Å². The second-order valence-electron chi connectivity index (χ2n) is 7.15. The first kappa shape index (κ1) is 21.0. The molecule has 2 N–H and O–H groups in total. The zero-order valence-corrected chi connectivity index (χ0v) is 17.6. The Kier molecular flexibility index (Phi) is 6.30. The highest BCUT2D eigenvalue weighted by Crippen LogP contribution is 2.20. The number of hydrogen-bond acceptors (Lipinski definition) is 4. The van der Waals surface area contributed by atoms with Gasteiger partial charge in [0.15, 0.2) is 0 Å². The Bertz CT molecular complexity index is 1140. The number of hydrogen-bond donors (Lipinski definition) is 2. The zero-order valence-electron chi connectivity index (χ0n) is 16.8. The molecule has 1 heterocycles. The Morgan fingerprint density at radius 3 is 2.34 bits per heavy atom. The van der Waals surface area contributed by atoms with Crippen LogP contribution in [-0.4, -0.2) is 32.4 Å². The summed E-state index contributed by atoms with van der Waals surface area (Å²) in [5.74, 6) is -0.188. The molecular formula is C22H25N3O3S. The maximum Gasteiger partial charge on any atom is 0.252 e. The minimum Gasteiger partial charge on any atom is -0.352 e. The van der Waals surface area contributed by atoms with Gasteiger partial charge in [0.2, 0.25) is 10.0 Å². The van der Waals surface area contributed by atoms with Crippen molar-refractivity contribution in [3.8, 4) is 0 Å². The van der Waals surface area contributed by atoms with E-state index >= 15 is 0 Å². The predicted octanol–water partition coefficient (Wildman–Crippen LogP) is 3.26. The van der Waals surface area contributed by atoms with Gasteiger partial charge in [-0.2, -0.15) is 0 Å². The number of aromatic nitrogens is 1. The number of aryl methyl sites for hydroxylation is 3. The molecule has 6 nitrogen and oxygen atoms in total. The van der Waals surface area contributed by atoms with E-state index < -0.39 is 10.0 Å². The van der Waals surface area contributed by atoms with E-state index in [4.69, 9.17) is 0 Å². The van der Waals surface area contributed by atoms with Crippen LogP contribution < -0.4 is 10.0 Å². The largest absolute Gasteiger partial charge is 0.352 e. The Balaban J connectivity index is 1.57. The van der Waals surface area contributed by atoms with Crippen molar-refractivity contribution < 1.29 is 13.2 Å². The summed E-state index contributed by atoms with van der Waals surface area (Å²) in [5.41, 5.74) is 4.20. The van der Waals surface area contributed by atoms with Crippen LogP contribution >= 0.6 is 0 Å². The number of carbonyl (C=O) groups is 1. The van der Waals surface area contributed by atoms with Crippen LogP contribution in [0.25, 0.3) is 10.9 Å². The molecule has 0 radical (unpaired) electrons. The topological polar surface area (TPSA) is 88.2 Å². The molecule has 2 aromatic carbocycles. The molecule has 7 heteroatoms. The van der Waals surface area contributed by atoms with Gasteiger partial charge in [0, 0.05) is 24.2 Å². The number of amides is 1. The third kappa shape index (κ3) is 5.19. The number of nitrogens with zero attached hydrogens (tertiary/aromatic N) is 1. The lowest BCUT2D eigenvalue weighted by Gasteiger charge is -2.10. The predicted molar refractivity (Wildman–Crippen MR) is 115 cm³/mol. The maximum absolute atomic E-state index is 12.7. The van der Waals surface area contributed by atoms with Crippen molar-refractivity contribution in [2.24, 2.45) is 0 Å². The minimum atomic E-state index is -3.54. The molecule has 3 aromatic rings. The minimum absolute atomic E-state index is 0.188. The van der Waals surface area contributed by atoms with Gasteiger partial charge < -0.3 is 5.32 Å². The van der Waals surface area contributed by atoms with E-state index in [1.807, 2.05) is 39.0 Å². The van der Waals surface area contributed by atoms with Crippen molar-refractivity contribution >= 4 is 26.8 Å². The molecule has 0 fully saturated rings. The van der Waals surface area contributed by atoms with E-state index in [1.54, 1.807) is 30.3 Å². The molecule has 1 amide bonds. The molecule has 29 heavy (non-hydrogen) atoms. The molecule has 1 aromatic heterocycles. The average Bonchev–Trinajstić information content (AvgIpc) is 2.67. The van der Waals surface area contributed by atoms with Crippen LogP contribution in [0.5, 0.6) is 0 Å². The van der Waals surface area contributed by atoms with Gasteiger partial charge in [0.05, 0.1) is 16.0 Å². The van der Waals surface area contributed by atoms with Crippen molar-refractivity contribution in [1.82, 2.24) is 15.0 Å². The lowest BCUT2D eigenvalue weighted by molar-refractivity contribution is 0.0955. The van der Waals surface area contributed by atoms with Gasteiger partial charge in [0.1, 0.15) is 0 Å². The van der Waals surface area contributed by atoms with E-state index in [-0.39, 0.29) is 17.3 Å². The SMILES string of the molecule is Cc1ccc(S(=O)(=O)NCCCNC(=O)c2cc(C)nc3ccc(C)cc23)cc1. The normalized spacial score (nSPS) is 11.6. The summed E-state index contributed by atoms with van der Waals surface area (Å²) in [6.07, 6.45) is 0.484. The summed E-state index contributed by atoms with van der Waals surface area (Å²) in [6, 6.07) is 14.3. The number of nitrogens with one attached hydrogen (secondary N) is 2. The Labute approximate surface area is 171 Å². The molecule has 0 aliphatic heterocycles. The number of fused-ring (bicyclic) bond motifs is 1. The van der Waals surface area contributed by atoms with Gasteiger partial charge in [-0.25, -0.2) is 13.1 Å². The van der Waals surface area contributed by atoms with E-state index in [0.717, 1.165) is 27.7 Å². The van der Waals surface area contributed by atoms with Gasteiger partial charge >= 0.3 is 0 Å². The van der Waals surface area contributed by atoms with Crippen LogP contribution in [0.4, 0.5) is 0 Å². The molecule has 0 aliphatic rings. The van der Waals surface area contributed by atoms with Gasteiger partial charge in [-0.05, 0) is 57.5 Å². The summed E-state index contributed by atoms with van der Waals surface area (Å²) in [7, 11) is -3.54. The van der Waals surface area contributed by atoms with Crippen LogP contribution in [0.1, 0.15) is 33.6 Å². The van der Waals surface area contributed by atoms with Crippen molar-refractivity contribution in [3.63, 3.8) is 0 Å². The van der Waals surface area contributed by atoms with Crippen LogP contribution in [-0.2, 0) is 10.0 Å². The molecule has 0 saturated carbocycles. The van der Waals surface area contributed by atoms with E-state index in [2.05, 4.69) is 15.0 Å². The third-order valence-corrected chi connectivity index (χ3v) is 6.08. The first-order valence-electron chi connectivity index (χ1n) is 9.49. The Morgan fingerprint density at radius 1 is 0.931 bits per heavy atom. The second-order valence-corrected chi connectivity index (χ2v) is 8.92. The number of pyridine rings is 1. The Hall–Kier alpha value is -2.77. The van der Waals surface area contributed by atoms with Crippen molar-refractivity contribution in [3.05, 3.63) is 70.9 Å². The summed E-state index contributed by atoms with van der Waals surface area (Å²) in [6.45, 7) is 6.34. The van der Waals surface area contributed by atoms with Crippen LogP contribution in [0.3, 0.4) is 0 Å². The van der Waals surface area contributed by atoms with Gasteiger partial charge in [0.25, 0.3) is 5.91 Å². The highest BCUT2D eigenvalue weighted by Gasteiger charge is 2.14. The highest BCUT2D eigenvalue weighted by molar-refractivity contribution is 7.89. The summed E-state index contributed by atoms with van der Waals surface area (Å²) < 4.78 is 27.1. The van der Waals surface area contributed by atoms with Crippen molar-refractivity contribution in [1.29, 1.82) is 0 Å². The quantitative estimate of drug-likeness (QED) is 0.584. The molecule has 0 saturated heterocycles. The Morgan fingerprint density at radius 2 is 1.62 bits per heavy atom. The smallest absolute Gasteiger partial charge is 0.252 e. The monoisotopic (exact) mass is 411 g/mol. The van der Waals surface area contributed by atoms with Crippen molar-refractivity contribution in [2.75, 3.05) is 13.1 Å². The van der Waals surface area contributed by atoms with E-state index in [9.17, 15) is 13.2 Å². The fraction of sp³-hybridized carbons (Fsp3) is 0.273. The maximum atomic E-state index is 12.7. The first-order valence-corrected chi connectivity index (χ1v) is 11.0. The number of benzene rings is 2. The van der Waals surface area contributed by atoms with Crippen LogP contribution in [0.2, 0.25) is 0 Å². The lowest BCUT2D eigenvalue weighted by Crippen LogP contribution is -2.30. The molecule has 0 bridgehead atoms. The standard InChI is InChI=1S/C22H25N3O3S/c1-15-5-8-18(9-6-15)29(27,28)24-12-4-11-23-22(26)20-14-17(3)25-21-10-7-16(2)13-19(20)21/h5-10,13-14,24H,4,11-12H2,1-3H3,(H,23,26). The van der Waals surface area contributed by atoms with Crippen LogP contribution in [0.15, 0.2) is 53.4 Å². The van der Waals surface area contributed by atoms with Gasteiger partial charge in [-0.3, -0.25) is 9.78 Å². The first-order chi connectivity index (χ1) is 13.8. The fourth-order valence-corrected chi connectivity index (χ4v) is 4.13. The number of carbonyl (C=O) groups excluding carboxylic acids is 1. The summed E-state index contributed by atoms with van der Waals surface area (Å²) in [5, 5.41) is 3.68. The summed E-state index contributed by atoms with van der Waals surface area (Å²) in [4.78, 5) is 17.4. The van der Waals surface area contributed by atoms with E-state index in [1.165, 1.54) is 0 Å². The molecule has 0 spiro atoms. The number of sulfonamides is 1. The molecule has 0 unspecified atom stereocenters. The van der Waals surface area contributed by atoms with Crippen LogP contribution in [0, 0.1) is 20.8 Å². The highest BCUT2D eigenvalue weighted by atomic mass is 32.2. The molecule has 0 atom stereocenters. The fourth-order valence-electron chi connectivity index (χ4n) is 3.05. The summed E-state index contributed by atoms with van der Waals surface area (Å²) >= 11 is 0. The average molecular weight is 412 g/mol.